The minimum Gasteiger partial charge on any atom is -0.591 e. The van der Waals surface area contributed by atoms with Crippen LogP contribution in [0, 0.1) is 5.41 Å². The van der Waals surface area contributed by atoms with Gasteiger partial charge in [-0.05, 0) is 20.8 Å². The van der Waals surface area contributed by atoms with Gasteiger partial charge >= 0.3 is 0 Å². The molecule has 0 bridgehead atoms. The van der Waals surface area contributed by atoms with Gasteiger partial charge in [-0.15, -0.1) is 0 Å². The molecule has 0 saturated heterocycles. The minimum atomic E-state index is -1.11. The van der Waals surface area contributed by atoms with E-state index in [4.69, 9.17) is 0 Å². The molecule has 1 atom stereocenters. The standard InChI is InChI=1S/C9H19NOS/c1-8(2,3)7-10-12(11)9(4,5)6/h7H,1-6H3/b10-7+/t12-/m0/s1. The van der Waals surface area contributed by atoms with Crippen molar-refractivity contribution in [2.45, 2.75) is 46.3 Å². The Morgan fingerprint density at radius 2 is 1.50 bits per heavy atom. The second kappa shape index (κ2) is 3.79. The molecule has 2 nitrogen and oxygen atoms in total. The summed E-state index contributed by atoms with van der Waals surface area (Å²) in [6, 6.07) is 0. The summed E-state index contributed by atoms with van der Waals surface area (Å²) in [6.45, 7) is 11.9. The van der Waals surface area contributed by atoms with Gasteiger partial charge in [-0.25, -0.2) is 0 Å². The first-order valence-corrected chi connectivity index (χ1v) is 5.21. The number of hydrogen-bond donors (Lipinski definition) is 0. The van der Waals surface area contributed by atoms with Crippen molar-refractivity contribution in [1.82, 2.24) is 0 Å². The van der Waals surface area contributed by atoms with Crippen molar-refractivity contribution in [2.75, 3.05) is 0 Å². The molecule has 0 fully saturated rings. The highest BCUT2D eigenvalue weighted by Crippen LogP contribution is 2.18. The second-order valence-electron chi connectivity index (χ2n) is 4.96. The predicted molar refractivity (Wildman–Crippen MR) is 55.8 cm³/mol. The molecule has 0 radical (unpaired) electrons. The monoisotopic (exact) mass is 189 g/mol. The topological polar surface area (TPSA) is 35.4 Å². The molecule has 0 N–H and O–H groups in total. The SMILES string of the molecule is CC(C)(C)/C=N/[S@@+]([O-])C(C)(C)C. The van der Waals surface area contributed by atoms with E-state index in [0.717, 1.165) is 0 Å². The van der Waals surface area contributed by atoms with E-state index in [1.807, 2.05) is 41.5 Å². The van der Waals surface area contributed by atoms with E-state index >= 15 is 0 Å². The second-order valence-corrected chi connectivity index (χ2v) is 6.90. The van der Waals surface area contributed by atoms with Crippen LogP contribution >= 0.6 is 0 Å². The van der Waals surface area contributed by atoms with Crippen LogP contribution in [0.3, 0.4) is 0 Å². The van der Waals surface area contributed by atoms with Crippen molar-refractivity contribution < 1.29 is 4.55 Å². The average molecular weight is 189 g/mol. The fourth-order valence-corrected chi connectivity index (χ4v) is 1.09. The molecule has 12 heavy (non-hydrogen) atoms. The fraction of sp³-hybridized carbons (Fsp3) is 0.889. The van der Waals surface area contributed by atoms with E-state index in [2.05, 4.69) is 4.40 Å². The third-order valence-corrected chi connectivity index (χ3v) is 2.40. The molecule has 0 unspecified atom stereocenters. The molecule has 0 heterocycles. The third-order valence-electron chi connectivity index (χ3n) is 1.06. The molecule has 0 spiro atoms. The molecule has 3 heteroatoms. The Hall–Kier alpha value is -0.0200. The normalized spacial score (nSPS) is 16.9. The molecule has 0 aromatic carbocycles. The number of hydrogen-bond acceptors (Lipinski definition) is 2. The summed E-state index contributed by atoms with van der Waals surface area (Å²) >= 11 is -1.11. The Balaban J connectivity index is 4.19. The van der Waals surface area contributed by atoms with Gasteiger partial charge in [0.2, 0.25) is 0 Å². The third kappa shape index (κ3) is 5.61. The summed E-state index contributed by atoms with van der Waals surface area (Å²) in [5, 5.41) is 0. The summed E-state index contributed by atoms with van der Waals surface area (Å²) in [7, 11) is 0. The predicted octanol–water partition coefficient (Wildman–Crippen LogP) is 2.57. The van der Waals surface area contributed by atoms with Crippen LogP contribution in [-0.4, -0.2) is 15.5 Å². The quantitative estimate of drug-likeness (QED) is 0.461. The Morgan fingerprint density at radius 3 is 1.75 bits per heavy atom. The molecular formula is C9H19NOS. The first kappa shape index (κ1) is 12.0. The number of nitrogens with zero attached hydrogens (tertiary/aromatic N) is 1. The van der Waals surface area contributed by atoms with Crippen LogP contribution in [0.15, 0.2) is 4.40 Å². The van der Waals surface area contributed by atoms with Gasteiger partial charge in [0.15, 0.2) is 0 Å². The first-order chi connectivity index (χ1) is 5.13. The maximum Gasteiger partial charge on any atom is 0.144 e. The van der Waals surface area contributed by atoms with Gasteiger partial charge < -0.3 is 4.55 Å². The molecule has 0 amide bonds. The highest BCUT2D eigenvalue weighted by Gasteiger charge is 2.26. The summed E-state index contributed by atoms with van der Waals surface area (Å²) in [5.74, 6) is 0. The molecule has 72 valence electrons. The minimum absolute atomic E-state index is 0.0148. The molecule has 0 saturated carbocycles. The van der Waals surface area contributed by atoms with Crippen LogP contribution in [0.2, 0.25) is 0 Å². The van der Waals surface area contributed by atoms with Gasteiger partial charge in [-0.2, -0.15) is 0 Å². The zero-order valence-corrected chi connectivity index (χ0v) is 9.66. The largest absolute Gasteiger partial charge is 0.591 e. The van der Waals surface area contributed by atoms with Crippen LogP contribution in [0.4, 0.5) is 0 Å². The van der Waals surface area contributed by atoms with E-state index in [0.29, 0.717) is 0 Å². The molecule has 0 aromatic heterocycles. The van der Waals surface area contributed by atoms with Crippen LogP contribution in [0.5, 0.6) is 0 Å². The molecule has 0 rings (SSSR count). The molecule has 0 aliphatic rings. The smallest absolute Gasteiger partial charge is 0.144 e. The van der Waals surface area contributed by atoms with E-state index in [1.165, 1.54) is 0 Å². The average Bonchev–Trinajstić information content (AvgIpc) is 1.78. The first-order valence-electron chi connectivity index (χ1n) is 4.10. The summed E-state index contributed by atoms with van der Waals surface area (Å²) < 4.78 is 15.2. The van der Waals surface area contributed by atoms with Crippen molar-refractivity contribution in [3.8, 4) is 0 Å². The van der Waals surface area contributed by atoms with Crippen molar-refractivity contribution in [3.05, 3.63) is 0 Å². The lowest BCUT2D eigenvalue weighted by Gasteiger charge is -2.19. The van der Waals surface area contributed by atoms with Crippen molar-refractivity contribution >= 4 is 17.6 Å². The lowest BCUT2D eigenvalue weighted by molar-refractivity contribution is 0.558. The van der Waals surface area contributed by atoms with E-state index in [1.54, 1.807) is 6.21 Å². The van der Waals surface area contributed by atoms with Crippen molar-refractivity contribution in [2.24, 2.45) is 9.81 Å². The Labute approximate surface area is 78.8 Å². The zero-order valence-electron chi connectivity index (χ0n) is 8.84. The van der Waals surface area contributed by atoms with E-state index in [-0.39, 0.29) is 10.2 Å². The molecular weight excluding hydrogens is 170 g/mol. The van der Waals surface area contributed by atoms with Crippen molar-refractivity contribution in [3.63, 3.8) is 0 Å². The Bertz CT molecular complexity index is 164. The van der Waals surface area contributed by atoms with E-state index in [9.17, 15) is 4.55 Å². The zero-order chi connectivity index (χ0) is 9.99. The van der Waals surface area contributed by atoms with Gasteiger partial charge in [0.1, 0.15) is 16.1 Å². The Morgan fingerprint density at radius 1 is 1.08 bits per heavy atom. The van der Waals surface area contributed by atoms with Crippen molar-refractivity contribution in [1.29, 1.82) is 0 Å². The van der Waals surface area contributed by atoms with Gasteiger partial charge in [0.25, 0.3) is 0 Å². The van der Waals surface area contributed by atoms with Gasteiger partial charge in [-0.1, -0.05) is 25.2 Å². The van der Waals surface area contributed by atoms with Gasteiger partial charge in [0, 0.05) is 5.41 Å². The maximum absolute atomic E-state index is 11.4. The highest BCUT2D eigenvalue weighted by atomic mass is 32.2. The van der Waals surface area contributed by atoms with Crippen LogP contribution in [-0.2, 0) is 11.4 Å². The fourth-order valence-electron chi connectivity index (χ4n) is 0.364. The maximum atomic E-state index is 11.4. The lowest BCUT2D eigenvalue weighted by atomic mass is 10.00. The summed E-state index contributed by atoms with van der Waals surface area (Å²) in [4.78, 5) is 0. The van der Waals surface area contributed by atoms with Crippen LogP contribution in [0.25, 0.3) is 0 Å². The van der Waals surface area contributed by atoms with Crippen LogP contribution in [0.1, 0.15) is 41.5 Å². The Kier molecular flexibility index (Phi) is 3.79. The van der Waals surface area contributed by atoms with E-state index < -0.39 is 11.4 Å². The lowest BCUT2D eigenvalue weighted by Crippen LogP contribution is -2.26. The molecule has 0 aromatic rings. The summed E-state index contributed by atoms with van der Waals surface area (Å²) in [5.41, 5.74) is 0.0148. The number of rotatable bonds is 1. The highest BCUT2D eigenvalue weighted by molar-refractivity contribution is 7.91. The molecule has 0 aliphatic carbocycles. The molecule has 0 aliphatic heterocycles. The summed E-state index contributed by atoms with van der Waals surface area (Å²) in [6.07, 6.45) is 1.76. The van der Waals surface area contributed by atoms with Gasteiger partial charge in [-0.3, -0.25) is 0 Å². The van der Waals surface area contributed by atoms with Gasteiger partial charge in [0.05, 0.1) is 6.21 Å². The van der Waals surface area contributed by atoms with Crippen LogP contribution < -0.4 is 0 Å².